The number of nitrogens with one attached hydrogen (secondary N) is 1. The lowest BCUT2D eigenvalue weighted by Gasteiger charge is -2.34. The van der Waals surface area contributed by atoms with E-state index in [0.29, 0.717) is 49.1 Å². The highest BCUT2D eigenvalue weighted by atomic mass is 16.5. The van der Waals surface area contributed by atoms with Crippen LogP contribution in [0.1, 0.15) is 10.5 Å². The Balaban J connectivity index is 1.52. The predicted octanol–water partition coefficient (Wildman–Crippen LogP) is 1.20. The minimum atomic E-state index is -0.565. The van der Waals surface area contributed by atoms with Crippen molar-refractivity contribution < 1.29 is 9.53 Å². The van der Waals surface area contributed by atoms with Crippen LogP contribution in [0.25, 0.3) is 11.3 Å². The molecule has 1 aromatic carbocycles. The Bertz CT molecular complexity index is 1060. The van der Waals surface area contributed by atoms with Crippen LogP contribution < -0.4 is 15.3 Å². The van der Waals surface area contributed by atoms with Crippen molar-refractivity contribution in [3.63, 3.8) is 0 Å². The maximum absolute atomic E-state index is 13.0. The van der Waals surface area contributed by atoms with E-state index in [2.05, 4.69) is 19.9 Å². The van der Waals surface area contributed by atoms with E-state index < -0.39 is 5.69 Å². The van der Waals surface area contributed by atoms with Crippen molar-refractivity contribution in [2.75, 3.05) is 38.2 Å². The summed E-state index contributed by atoms with van der Waals surface area (Å²) in [6, 6.07) is 10.6. The highest BCUT2D eigenvalue weighted by molar-refractivity contribution is 5.93. The molecule has 2 aromatic heterocycles. The van der Waals surface area contributed by atoms with Gasteiger partial charge in [0.25, 0.3) is 5.91 Å². The SMILES string of the molecule is COc1cccc(-c2cc(C(=O)N3CCN(c4ncccn4)CC3)[nH]c(=O)n2)c1. The zero-order valence-corrected chi connectivity index (χ0v) is 15.9. The quantitative estimate of drug-likeness (QED) is 0.711. The highest BCUT2D eigenvalue weighted by Gasteiger charge is 2.24. The van der Waals surface area contributed by atoms with Gasteiger partial charge in [0.1, 0.15) is 11.4 Å². The van der Waals surface area contributed by atoms with E-state index in [4.69, 9.17) is 4.74 Å². The van der Waals surface area contributed by atoms with E-state index in [0.717, 1.165) is 0 Å². The molecule has 29 heavy (non-hydrogen) atoms. The first kappa shape index (κ1) is 18.6. The lowest BCUT2D eigenvalue weighted by atomic mass is 10.1. The molecule has 3 aromatic rings. The Hall–Kier alpha value is -3.75. The first-order valence-electron chi connectivity index (χ1n) is 9.21. The number of amides is 1. The Kier molecular flexibility index (Phi) is 5.19. The highest BCUT2D eigenvalue weighted by Crippen LogP contribution is 2.22. The third-order valence-corrected chi connectivity index (χ3v) is 4.74. The molecule has 4 rings (SSSR count). The molecule has 0 atom stereocenters. The van der Waals surface area contributed by atoms with Crippen LogP contribution in [0.4, 0.5) is 5.95 Å². The second-order valence-corrected chi connectivity index (χ2v) is 6.55. The van der Waals surface area contributed by atoms with Gasteiger partial charge >= 0.3 is 5.69 Å². The van der Waals surface area contributed by atoms with Crippen molar-refractivity contribution in [1.29, 1.82) is 0 Å². The number of piperazine rings is 1. The third kappa shape index (κ3) is 4.08. The second kappa shape index (κ2) is 8.09. The van der Waals surface area contributed by atoms with Gasteiger partial charge in [0.05, 0.1) is 12.8 Å². The Morgan fingerprint density at radius 2 is 1.83 bits per heavy atom. The maximum atomic E-state index is 13.0. The van der Waals surface area contributed by atoms with E-state index in [1.165, 1.54) is 0 Å². The van der Waals surface area contributed by atoms with Gasteiger partial charge in [0.15, 0.2) is 0 Å². The first-order valence-corrected chi connectivity index (χ1v) is 9.21. The molecule has 0 saturated carbocycles. The number of nitrogens with zero attached hydrogens (tertiary/aromatic N) is 5. The lowest BCUT2D eigenvalue weighted by molar-refractivity contribution is 0.0740. The van der Waals surface area contributed by atoms with Crippen molar-refractivity contribution in [1.82, 2.24) is 24.8 Å². The number of rotatable bonds is 4. The normalized spacial score (nSPS) is 14.0. The second-order valence-electron chi connectivity index (χ2n) is 6.55. The molecule has 1 aliphatic heterocycles. The molecule has 0 bridgehead atoms. The molecule has 0 aliphatic carbocycles. The molecule has 1 N–H and O–H groups in total. The van der Waals surface area contributed by atoms with Crippen LogP contribution in [0.5, 0.6) is 5.75 Å². The summed E-state index contributed by atoms with van der Waals surface area (Å²) in [7, 11) is 1.57. The molecule has 0 spiro atoms. The van der Waals surface area contributed by atoms with E-state index in [-0.39, 0.29) is 11.6 Å². The minimum Gasteiger partial charge on any atom is -0.497 e. The average molecular weight is 392 g/mol. The number of methoxy groups -OCH3 is 1. The summed E-state index contributed by atoms with van der Waals surface area (Å²) in [5, 5.41) is 0. The van der Waals surface area contributed by atoms with Crippen molar-refractivity contribution in [3.05, 3.63) is 65.0 Å². The van der Waals surface area contributed by atoms with Crippen molar-refractivity contribution in [2.45, 2.75) is 0 Å². The third-order valence-electron chi connectivity index (χ3n) is 4.74. The van der Waals surface area contributed by atoms with Gasteiger partial charge in [-0.15, -0.1) is 0 Å². The smallest absolute Gasteiger partial charge is 0.346 e. The molecule has 1 aliphatic rings. The monoisotopic (exact) mass is 392 g/mol. The van der Waals surface area contributed by atoms with Gasteiger partial charge < -0.3 is 19.5 Å². The van der Waals surface area contributed by atoms with Crippen LogP contribution in [-0.4, -0.2) is 64.0 Å². The zero-order valence-electron chi connectivity index (χ0n) is 15.9. The largest absolute Gasteiger partial charge is 0.497 e. The van der Waals surface area contributed by atoms with Gasteiger partial charge in [-0.3, -0.25) is 4.79 Å². The summed E-state index contributed by atoms with van der Waals surface area (Å²) in [6.07, 6.45) is 3.39. The van der Waals surface area contributed by atoms with E-state index in [9.17, 15) is 9.59 Å². The Morgan fingerprint density at radius 1 is 1.07 bits per heavy atom. The van der Waals surface area contributed by atoms with Gasteiger partial charge in [-0.25, -0.2) is 14.8 Å². The van der Waals surface area contributed by atoms with Crippen molar-refractivity contribution in [3.8, 4) is 17.0 Å². The number of H-pyrrole nitrogens is 1. The number of aromatic amines is 1. The number of ether oxygens (including phenoxy) is 1. The van der Waals surface area contributed by atoms with E-state index >= 15 is 0 Å². The van der Waals surface area contributed by atoms with E-state index in [1.54, 1.807) is 48.7 Å². The number of carbonyl (C=O) groups is 1. The van der Waals surface area contributed by atoms with Gasteiger partial charge in [0, 0.05) is 44.1 Å². The van der Waals surface area contributed by atoms with Crippen LogP contribution in [0, 0.1) is 0 Å². The fourth-order valence-electron chi connectivity index (χ4n) is 3.24. The van der Waals surface area contributed by atoms with Crippen LogP contribution >= 0.6 is 0 Å². The van der Waals surface area contributed by atoms with E-state index in [1.807, 2.05) is 17.0 Å². The van der Waals surface area contributed by atoms with Crippen LogP contribution in [-0.2, 0) is 0 Å². The van der Waals surface area contributed by atoms with Gasteiger partial charge in [-0.05, 0) is 24.3 Å². The number of carbonyl (C=O) groups excluding carboxylic acids is 1. The molecule has 3 heterocycles. The molecular formula is C20H20N6O3. The molecule has 0 unspecified atom stereocenters. The zero-order chi connectivity index (χ0) is 20.2. The van der Waals surface area contributed by atoms with Crippen molar-refractivity contribution >= 4 is 11.9 Å². The standard InChI is InChI=1S/C20H20N6O3/c1-29-15-5-2-4-14(12-15)16-13-17(24-20(28)23-16)18(27)25-8-10-26(11-9-25)19-21-6-3-7-22-19/h2-7,12-13H,8-11H2,1H3,(H,23,24,28). The first-order chi connectivity index (χ1) is 14.1. The topological polar surface area (TPSA) is 104 Å². The van der Waals surface area contributed by atoms with Crippen molar-refractivity contribution in [2.24, 2.45) is 0 Å². The number of anilines is 1. The number of aromatic nitrogens is 4. The fourth-order valence-corrected chi connectivity index (χ4v) is 3.24. The van der Waals surface area contributed by atoms with Gasteiger partial charge in [-0.2, -0.15) is 4.98 Å². The van der Waals surface area contributed by atoms with Gasteiger partial charge in [0.2, 0.25) is 5.95 Å². The molecule has 1 fully saturated rings. The van der Waals surface area contributed by atoms with Crippen LogP contribution in [0.2, 0.25) is 0 Å². The maximum Gasteiger partial charge on any atom is 0.346 e. The molecule has 0 radical (unpaired) electrons. The summed E-state index contributed by atoms with van der Waals surface area (Å²) in [5.74, 6) is 1.07. The summed E-state index contributed by atoms with van der Waals surface area (Å²) < 4.78 is 5.22. The van der Waals surface area contributed by atoms with Crippen LogP contribution in [0.3, 0.4) is 0 Å². The number of benzene rings is 1. The summed E-state index contributed by atoms with van der Waals surface area (Å²) in [5.41, 5.74) is 0.778. The molecule has 9 heteroatoms. The number of hydrogen-bond donors (Lipinski definition) is 1. The predicted molar refractivity (Wildman–Crippen MR) is 107 cm³/mol. The molecule has 9 nitrogen and oxygen atoms in total. The molecule has 1 amide bonds. The minimum absolute atomic E-state index is 0.215. The summed E-state index contributed by atoms with van der Waals surface area (Å²) >= 11 is 0. The fraction of sp³-hybridized carbons (Fsp3) is 0.250. The molecule has 1 saturated heterocycles. The lowest BCUT2D eigenvalue weighted by Crippen LogP contribution is -2.49. The van der Waals surface area contributed by atoms with Gasteiger partial charge in [-0.1, -0.05) is 12.1 Å². The Labute approximate surface area is 167 Å². The summed E-state index contributed by atoms with van der Waals surface area (Å²) in [6.45, 7) is 2.26. The molecule has 148 valence electrons. The van der Waals surface area contributed by atoms with Crippen LogP contribution in [0.15, 0.2) is 53.6 Å². The number of hydrogen-bond acceptors (Lipinski definition) is 7. The molecular weight excluding hydrogens is 372 g/mol. The average Bonchev–Trinajstić information content (AvgIpc) is 2.79. The summed E-state index contributed by atoms with van der Waals surface area (Å²) in [4.78, 5) is 43.8. The Morgan fingerprint density at radius 3 is 2.55 bits per heavy atom.